The van der Waals surface area contributed by atoms with Gasteiger partial charge in [-0.1, -0.05) is 47.5 Å². The van der Waals surface area contributed by atoms with E-state index in [1.165, 1.54) is 11.1 Å². The Labute approximate surface area is 148 Å². The van der Waals surface area contributed by atoms with E-state index in [-0.39, 0.29) is 0 Å². The van der Waals surface area contributed by atoms with Crippen LogP contribution in [0.1, 0.15) is 11.1 Å². The third-order valence-electron chi connectivity index (χ3n) is 4.82. The molecule has 0 aromatic heterocycles. The Bertz CT molecular complexity index is 1210. The minimum absolute atomic E-state index is 0.690. The van der Waals surface area contributed by atoms with Crippen molar-refractivity contribution in [2.45, 2.75) is 18.7 Å². The minimum atomic E-state index is -1.49. The van der Waals surface area contributed by atoms with E-state index < -0.39 is 11.1 Å². The quantitative estimate of drug-likeness (QED) is 0.409. The van der Waals surface area contributed by atoms with Gasteiger partial charge in [0.15, 0.2) is 0 Å². The maximum Gasteiger partial charge on any atom is 0.241 e. The molecular formula is C22H16O2S. The van der Waals surface area contributed by atoms with Crippen molar-refractivity contribution in [3.8, 4) is 16.9 Å². The fraction of sp³-hybridized carbons (Fsp3) is 0.0909. The summed E-state index contributed by atoms with van der Waals surface area (Å²) in [6, 6.07) is 21.0. The third kappa shape index (κ3) is 2.27. The van der Waals surface area contributed by atoms with E-state index in [1.807, 2.05) is 12.1 Å². The first-order valence-electron chi connectivity index (χ1n) is 8.28. The second-order valence-corrected chi connectivity index (χ2v) is 7.79. The van der Waals surface area contributed by atoms with Crippen molar-refractivity contribution in [1.82, 2.24) is 0 Å². The van der Waals surface area contributed by atoms with Crippen LogP contribution in [0.4, 0.5) is 0 Å². The molecule has 0 amide bonds. The van der Waals surface area contributed by atoms with Crippen LogP contribution >= 0.6 is 0 Å². The predicted molar refractivity (Wildman–Crippen MR) is 103 cm³/mol. The van der Waals surface area contributed by atoms with Gasteiger partial charge in [-0.25, -0.2) is 4.21 Å². The summed E-state index contributed by atoms with van der Waals surface area (Å²) in [5.41, 5.74) is 4.40. The van der Waals surface area contributed by atoms with Gasteiger partial charge in [-0.15, -0.1) is 0 Å². The zero-order valence-electron chi connectivity index (χ0n) is 14.0. The van der Waals surface area contributed by atoms with E-state index >= 15 is 0 Å². The summed E-state index contributed by atoms with van der Waals surface area (Å²) >= 11 is -1.49. The van der Waals surface area contributed by atoms with Gasteiger partial charge in [0.2, 0.25) is 11.1 Å². The van der Waals surface area contributed by atoms with Crippen molar-refractivity contribution >= 4 is 32.6 Å². The first-order chi connectivity index (χ1) is 12.1. The molecule has 1 atom stereocenters. The highest BCUT2D eigenvalue weighted by atomic mass is 32.2. The van der Waals surface area contributed by atoms with Crippen LogP contribution in [0.25, 0.3) is 32.7 Å². The molecule has 122 valence electrons. The molecule has 2 nitrogen and oxygen atoms in total. The van der Waals surface area contributed by atoms with Crippen LogP contribution < -0.4 is 4.18 Å². The molecule has 0 saturated carbocycles. The van der Waals surface area contributed by atoms with Crippen molar-refractivity contribution in [3.63, 3.8) is 0 Å². The van der Waals surface area contributed by atoms with Gasteiger partial charge in [0.1, 0.15) is 5.75 Å². The Morgan fingerprint density at radius 2 is 1.28 bits per heavy atom. The molecule has 0 aliphatic carbocycles. The second kappa shape index (κ2) is 5.17. The fourth-order valence-electron chi connectivity index (χ4n) is 3.55. The average molecular weight is 344 g/mol. The fourth-order valence-corrected chi connectivity index (χ4v) is 4.51. The van der Waals surface area contributed by atoms with Gasteiger partial charge in [-0.3, -0.25) is 0 Å². The van der Waals surface area contributed by atoms with Gasteiger partial charge < -0.3 is 4.18 Å². The van der Waals surface area contributed by atoms with E-state index in [9.17, 15) is 4.21 Å². The molecule has 1 aliphatic heterocycles. The van der Waals surface area contributed by atoms with E-state index in [0.717, 1.165) is 37.6 Å². The normalized spacial score (nSPS) is 15.7. The minimum Gasteiger partial charge on any atom is -0.396 e. The van der Waals surface area contributed by atoms with Crippen molar-refractivity contribution in [2.24, 2.45) is 0 Å². The molecule has 1 heterocycles. The molecule has 3 heteroatoms. The molecule has 25 heavy (non-hydrogen) atoms. The van der Waals surface area contributed by atoms with Crippen LogP contribution in [0.5, 0.6) is 5.75 Å². The highest BCUT2D eigenvalue weighted by Gasteiger charge is 2.24. The van der Waals surface area contributed by atoms with E-state index in [4.69, 9.17) is 4.18 Å². The van der Waals surface area contributed by atoms with Gasteiger partial charge in [0.05, 0.1) is 4.90 Å². The van der Waals surface area contributed by atoms with Crippen LogP contribution in [0.15, 0.2) is 65.6 Å². The molecule has 4 aromatic carbocycles. The third-order valence-corrected chi connectivity index (χ3v) is 5.85. The summed E-state index contributed by atoms with van der Waals surface area (Å²) < 4.78 is 18.4. The first-order valence-corrected chi connectivity index (χ1v) is 9.35. The number of fused-ring (bicyclic) bond motifs is 5. The Morgan fingerprint density at radius 3 is 1.96 bits per heavy atom. The smallest absolute Gasteiger partial charge is 0.241 e. The summed E-state index contributed by atoms with van der Waals surface area (Å²) in [5.74, 6) is 0.690. The van der Waals surface area contributed by atoms with Gasteiger partial charge in [-0.2, -0.15) is 0 Å². The lowest BCUT2D eigenvalue weighted by atomic mass is 9.96. The lowest BCUT2D eigenvalue weighted by molar-refractivity contribution is 0.559. The van der Waals surface area contributed by atoms with Crippen molar-refractivity contribution < 1.29 is 8.39 Å². The Morgan fingerprint density at radius 1 is 0.680 bits per heavy atom. The SMILES string of the molecule is Cc1ccc2cc3c(cc2c1)OS(=O)c1cc2cc(C)ccc2cc1-3. The zero-order chi connectivity index (χ0) is 17.1. The molecule has 1 unspecified atom stereocenters. The highest BCUT2D eigenvalue weighted by Crippen LogP contribution is 2.43. The van der Waals surface area contributed by atoms with Crippen LogP contribution in [0.2, 0.25) is 0 Å². The molecule has 5 rings (SSSR count). The molecule has 0 N–H and O–H groups in total. The number of aryl methyl sites for hydroxylation is 2. The molecule has 0 spiro atoms. The number of hydrogen-bond donors (Lipinski definition) is 0. The van der Waals surface area contributed by atoms with Gasteiger partial charge in [-0.05, 0) is 59.7 Å². The van der Waals surface area contributed by atoms with Crippen LogP contribution in [0, 0.1) is 13.8 Å². The molecule has 1 aliphatic rings. The molecule has 0 radical (unpaired) electrons. The topological polar surface area (TPSA) is 26.3 Å². The summed E-state index contributed by atoms with van der Waals surface area (Å²) in [6.45, 7) is 4.14. The number of rotatable bonds is 0. The second-order valence-electron chi connectivity index (χ2n) is 6.72. The van der Waals surface area contributed by atoms with Crippen molar-refractivity contribution in [3.05, 3.63) is 71.8 Å². The first kappa shape index (κ1) is 14.7. The van der Waals surface area contributed by atoms with E-state index in [1.54, 1.807) is 0 Å². The highest BCUT2D eigenvalue weighted by molar-refractivity contribution is 7.80. The Hall–Kier alpha value is -2.65. The Kier molecular flexibility index (Phi) is 3.03. The van der Waals surface area contributed by atoms with E-state index in [2.05, 4.69) is 62.4 Å². The summed E-state index contributed by atoms with van der Waals surface area (Å²) in [5, 5.41) is 4.51. The standard InChI is InChI=1S/C22H16O2S/c1-13-3-5-15-9-19-20-10-16-6-4-14(2)8-18(16)12-22(20)25(23)24-21(19)11-17(15)7-13/h3-12H,1-2H3. The van der Waals surface area contributed by atoms with Gasteiger partial charge >= 0.3 is 0 Å². The van der Waals surface area contributed by atoms with Gasteiger partial charge in [0.25, 0.3) is 0 Å². The number of benzene rings is 4. The van der Waals surface area contributed by atoms with E-state index in [0.29, 0.717) is 5.75 Å². The summed E-state index contributed by atoms with van der Waals surface area (Å²) in [4.78, 5) is 0.747. The molecule has 0 saturated heterocycles. The largest absolute Gasteiger partial charge is 0.396 e. The maximum absolute atomic E-state index is 12.7. The van der Waals surface area contributed by atoms with Crippen molar-refractivity contribution in [1.29, 1.82) is 0 Å². The monoisotopic (exact) mass is 344 g/mol. The predicted octanol–water partition coefficient (Wildman–Crippen LogP) is 5.69. The van der Waals surface area contributed by atoms with Gasteiger partial charge in [0, 0.05) is 11.1 Å². The molecular weight excluding hydrogens is 328 g/mol. The summed E-state index contributed by atoms with van der Waals surface area (Å²) in [6.07, 6.45) is 0. The lowest BCUT2D eigenvalue weighted by Crippen LogP contribution is -2.09. The van der Waals surface area contributed by atoms with Crippen LogP contribution in [0.3, 0.4) is 0 Å². The van der Waals surface area contributed by atoms with Crippen LogP contribution in [-0.4, -0.2) is 4.21 Å². The lowest BCUT2D eigenvalue weighted by Gasteiger charge is -2.21. The molecule has 0 bridgehead atoms. The zero-order valence-corrected chi connectivity index (χ0v) is 14.8. The molecule has 4 aromatic rings. The summed E-state index contributed by atoms with van der Waals surface area (Å²) in [7, 11) is 0. The average Bonchev–Trinajstić information content (AvgIpc) is 2.59. The van der Waals surface area contributed by atoms with Crippen molar-refractivity contribution in [2.75, 3.05) is 0 Å². The number of hydrogen-bond acceptors (Lipinski definition) is 2. The molecule has 0 fully saturated rings. The Balaban J connectivity index is 1.84. The van der Waals surface area contributed by atoms with Crippen LogP contribution in [-0.2, 0) is 11.1 Å². The maximum atomic E-state index is 12.7.